The van der Waals surface area contributed by atoms with Gasteiger partial charge in [-0.15, -0.1) is 0 Å². The topological polar surface area (TPSA) is 13.0 Å². The maximum atomic E-state index is 2.99. The molecule has 0 bridgehead atoms. The largest absolute Gasteiger partial charge is 0.376 e. The fourth-order valence-electron chi connectivity index (χ4n) is 6.34. The van der Waals surface area contributed by atoms with Crippen molar-refractivity contribution in [1.29, 1.82) is 0 Å². The first-order valence-corrected chi connectivity index (χ1v) is 20.2. The first-order chi connectivity index (χ1) is 17.1. The van der Waals surface area contributed by atoms with Crippen LogP contribution in [0, 0.1) is 0 Å². The molecule has 0 aliphatic heterocycles. The molecule has 3 aromatic carbocycles. The number of anilines is 3. The number of hydrogen-bond acceptors (Lipinski definition) is 4. The number of rotatable bonds is 9. The van der Waals surface area contributed by atoms with Crippen LogP contribution in [-0.2, 0) is 5.54 Å². The molecule has 0 unspecified atom stereocenters. The van der Waals surface area contributed by atoms with E-state index < -0.39 is 22.0 Å². The summed E-state index contributed by atoms with van der Waals surface area (Å²) in [5.74, 6) is 0. The highest BCUT2D eigenvalue weighted by Crippen LogP contribution is 2.53. The highest BCUT2D eigenvalue weighted by atomic mass is 28.4. The van der Waals surface area contributed by atoms with Gasteiger partial charge in [0.1, 0.15) is 16.5 Å². The van der Waals surface area contributed by atoms with E-state index in [1.165, 1.54) is 33.8 Å². The maximum absolute atomic E-state index is 2.99. The van der Waals surface area contributed by atoms with Gasteiger partial charge in [0, 0.05) is 47.8 Å². The van der Waals surface area contributed by atoms with Crippen LogP contribution in [-0.4, -0.2) is 63.0 Å². The lowest BCUT2D eigenvalue weighted by molar-refractivity contribution is 0.391. The van der Waals surface area contributed by atoms with Gasteiger partial charge in [-0.2, -0.15) is 0 Å². The van der Waals surface area contributed by atoms with Gasteiger partial charge in [0.05, 0.1) is 22.6 Å². The molecule has 37 heavy (non-hydrogen) atoms. The quantitative estimate of drug-likeness (QED) is 0.214. The average Bonchev–Trinajstić information content (AvgIpc) is 2.80. The lowest BCUT2D eigenvalue weighted by Crippen LogP contribution is -2.68. The van der Waals surface area contributed by atoms with E-state index in [1.807, 2.05) is 0 Å². The lowest BCUT2D eigenvalue weighted by Gasteiger charge is -2.58. The third kappa shape index (κ3) is 5.38. The van der Waals surface area contributed by atoms with Crippen LogP contribution in [0.5, 0.6) is 0 Å². The van der Waals surface area contributed by atoms with Gasteiger partial charge in [0.15, 0.2) is 0 Å². The zero-order chi connectivity index (χ0) is 27.8. The van der Waals surface area contributed by atoms with Crippen molar-refractivity contribution >= 4 is 33.5 Å². The van der Waals surface area contributed by atoms with Gasteiger partial charge in [0.2, 0.25) is 0 Å². The summed E-state index contributed by atoms with van der Waals surface area (Å²) in [5, 5.41) is 0. The zero-order valence-corrected chi connectivity index (χ0v) is 27.2. The predicted octanol–water partition coefficient (Wildman–Crippen LogP) is 7.15. The molecule has 200 valence electrons. The van der Waals surface area contributed by atoms with Crippen LogP contribution in [0.2, 0.25) is 39.3 Å². The zero-order valence-electron chi connectivity index (χ0n) is 25.2. The van der Waals surface area contributed by atoms with Crippen LogP contribution in [0.15, 0.2) is 72.8 Å². The van der Waals surface area contributed by atoms with Gasteiger partial charge in [-0.05, 0) is 17.2 Å². The van der Waals surface area contributed by atoms with E-state index in [9.17, 15) is 0 Å². The van der Waals surface area contributed by atoms with Gasteiger partial charge in [-0.3, -0.25) is 0 Å². The van der Waals surface area contributed by atoms with E-state index in [1.54, 1.807) is 0 Å². The Morgan fingerprint density at radius 3 is 1.22 bits per heavy atom. The summed E-state index contributed by atoms with van der Waals surface area (Å²) in [6.45, 7) is 15.1. The molecule has 3 aromatic rings. The van der Waals surface area contributed by atoms with Gasteiger partial charge < -0.3 is 18.9 Å². The summed E-state index contributed by atoms with van der Waals surface area (Å²) in [5.41, 5.74) is 7.30. The standard InChI is InChI=1S/C31H48N4Si2/c1-32(2)28-24-23-27(29(33(3)4)30(28)34(5)6)31(25-19-15-13-16-20-25,26-21-17-14-18-22-26)35(36(7,8)9)37(10,11)12/h13-24H,1-12H3. The van der Waals surface area contributed by atoms with Crippen LogP contribution in [0.4, 0.5) is 17.1 Å². The molecular formula is C31H48N4Si2. The van der Waals surface area contributed by atoms with Crippen molar-refractivity contribution in [1.82, 2.24) is 4.23 Å². The smallest absolute Gasteiger partial charge is 0.113 e. The molecule has 6 heteroatoms. The normalized spacial score (nSPS) is 12.6. The molecular weight excluding hydrogens is 485 g/mol. The van der Waals surface area contributed by atoms with Crippen molar-refractivity contribution in [3.63, 3.8) is 0 Å². The highest BCUT2D eigenvalue weighted by molar-refractivity contribution is 6.89. The molecule has 0 N–H and O–H groups in total. The van der Waals surface area contributed by atoms with E-state index in [4.69, 9.17) is 0 Å². The van der Waals surface area contributed by atoms with E-state index in [0.717, 1.165) is 0 Å². The molecule has 3 rings (SSSR count). The van der Waals surface area contributed by atoms with Crippen LogP contribution < -0.4 is 14.7 Å². The second-order valence-corrected chi connectivity index (χ2v) is 22.7. The third-order valence-electron chi connectivity index (χ3n) is 6.96. The van der Waals surface area contributed by atoms with Gasteiger partial charge >= 0.3 is 0 Å². The fourth-order valence-corrected chi connectivity index (χ4v) is 17.2. The lowest BCUT2D eigenvalue weighted by atomic mass is 9.76. The Balaban J connectivity index is 2.72. The Bertz CT molecular complexity index is 1120. The molecule has 0 fully saturated rings. The fraction of sp³-hybridized carbons (Fsp3) is 0.419. The number of hydrogen-bond donors (Lipinski definition) is 0. The molecule has 0 radical (unpaired) electrons. The van der Waals surface area contributed by atoms with E-state index in [-0.39, 0.29) is 0 Å². The molecule has 0 heterocycles. The second-order valence-electron chi connectivity index (χ2n) is 12.6. The van der Waals surface area contributed by atoms with Crippen LogP contribution >= 0.6 is 0 Å². The van der Waals surface area contributed by atoms with Crippen molar-refractivity contribution in [2.45, 2.75) is 44.8 Å². The first kappa shape index (κ1) is 29.0. The van der Waals surface area contributed by atoms with Crippen LogP contribution in [0.1, 0.15) is 16.7 Å². The van der Waals surface area contributed by atoms with Crippen LogP contribution in [0.25, 0.3) is 0 Å². The van der Waals surface area contributed by atoms with Gasteiger partial charge in [-0.1, -0.05) is 106 Å². The summed E-state index contributed by atoms with van der Waals surface area (Å²) < 4.78 is 2.99. The predicted molar refractivity (Wildman–Crippen MR) is 171 cm³/mol. The molecule has 0 aromatic heterocycles. The van der Waals surface area contributed by atoms with E-state index >= 15 is 0 Å². The molecule has 0 saturated heterocycles. The molecule has 0 amide bonds. The average molecular weight is 533 g/mol. The Morgan fingerprint density at radius 2 is 0.892 bits per heavy atom. The Kier molecular flexibility index (Phi) is 8.37. The monoisotopic (exact) mass is 532 g/mol. The van der Waals surface area contributed by atoms with Crippen molar-refractivity contribution in [2.75, 3.05) is 57.0 Å². The Morgan fingerprint density at radius 1 is 0.486 bits per heavy atom. The summed E-state index contributed by atoms with van der Waals surface area (Å²) in [6.07, 6.45) is 0. The van der Waals surface area contributed by atoms with Crippen molar-refractivity contribution < 1.29 is 0 Å². The summed E-state index contributed by atoms with van der Waals surface area (Å²) in [7, 11) is 9.22. The summed E-state index contributed by atoms with van der Waals surface area (Å²) >= 11 is 0. The van der Waals surface area contributed by atoms with Gasteiger partial charge in [0.25, 0.3) is 0 Å². The second kappa shape index (κ2) is 10.7. The minimum Gasteiger partial charge on any atom is -0.376 e. The number of nitrogens with zero attached hydrogens (tertiary/aromatic N) is 4. The van der Waals surface area contributed by atoms with Crippen molar-refractivity contribution in [3.8, 4) is 0 Å². The first-order valence-electron chi connectivity index (χ1n) is 13.3. The molecule has 4 nitrogen and oxygen atoms in total. The van der Waals surface area contributed by atoms with Gasteiger partial charge in [-0.25, -0.2) is 0 Å². The minimum atomic E-state index is -1.89. The number of benzene rings is 3. The van der Waals surface area contributed by atoms with Crippen LogP contribution in [0.3, 0.4) is 0 Å². The SMILES string of the molecule is CN(C)c1ccc(C(c2ccccc2)(c2ccccc2)N([Si](C)(C)C)[Si](C)(C)C)c(N(C)C)c1N(C)C. The molecule has 0 spiro atoms. The van der Waals surface area contributed by atoms with Crippen molar-refractivity contribution in [3.05, 3.63) is 89.5 Å². The molecule has 0 aliphatic rings. The minimum absolute atomic E-state index is 0.438. The third-order valence-corrected chi connectivity index (χ3v) is 14.3. The van der Waals surface area contributed by atoms with E-state index in [2.05, 4.69) is 173 Å². The summed E-state index contributed by atoms with van der Waals surface area (Å²) in [6, 6.07) is 27.2. The molecule has 0 atom stereocenters. The molecule has 0 saturated carbocycles. The van der Waals surface area contributed by atoms with Crippen molar-refractivity contribution in [2.24, 2.45) is 0 Å². The summed E-state index contributed by atoms with van der Waals surface area (Å²) in [4.78, 5) is 6.83. The maximum Gasteiger partial charge on any atom is 0.113 e. The highest BCUT2D eigenvalue weighted by Gasteiger charge is 2.53. The Hall–Kier alpha value is -2.55. The Labute approximate surface area is 228 Å². The van der Waals surface area contributed by atoms with E-state index in [0.29, 0.717) is 0 Å². The molecule has 0 aliphatic carbocycles.